The van der Waals surface area contributed by atoms with Gasteiger partial charge in [-0.15, -0.1) is 0 Å². The lowest BCUT2D eigenvalue weighted by Crippen LogP contribution is -2.45. The van der Waals surface area contributed by atoms with Crippen LogP contribution in [0.15, 0.2) is 12.3 Å². The van der Waals surface area contributed by atoms with Crippen LogP contribution >= 0.6 is 0 Å². The van der Waals surface area contributed by atoms with E-state index >= 15 is 0 Å². The first-order chi connectivity index (χ1) is 7.97. The van der Waals surface area contributed by atoms with Crippen molar-refractivity contribution in [1.29, 1.82) is 0 Å². The smallest absolute Gasteiger partial charge is 0.354 e. The second kappa shape index (κ2) is 4.48. The topological polar surface area (TPSA) is 32.3 Å². The van der Waals surface area contributed by atoms with Crippen LogP contribution in [0.4, 0.5) is 19.0 Å². The third-order valence-electron chi connectivity index (χ3n) is 2.72. The van der Waals surface area contributed by atoms with Crippen LogP contribution in [-0.2, 0) is 6.18 Å². The second-order valence-electron chi connectivity index (χ2n) is 4.03. The quantitative estimate of drug-likeness (QED) is 0.746. The van der Waals surface area contributed by atoms with Crippen molar-refractivity contribution in [3.8, 4) is 0 Å². The zero-order valence-electron chi connectivity index (χ0n) is 9.41. The van der Waals surface area contributed by atoms with Crippen LogP contribution < -0.4 is 4.90 Å². The Bertz CT molecular complexity index is 385. The molecule has 0 unspecified atom stereocenters. The molecule has 0 aromatic carbocycles. The predicted molar refractivity (Wildman–Crippen MR) is 56.7 cm³/mol. The van der Waals surface area contributed by atoms with Crippen molar-refractivity contribution in [3.05, 3.63) is 18.1 Å². The molecule has 0 spiro atoms. The molecule has 17 heavy (non-hydrogen) atoms. The van der Waals surface area contributed by atoms with Gasteiger partial charge in [-0.2, -0.15) is 13.2 Å². The minimum absolute atomic E-state index is 0.348. The van der Waals surface area contributed by atoms with Crippen LogP contribution in [0.1, 0.15) is 5.82 Å². The number of nitrogens with zero attached hydrogens (tertiary/aromatic N) is 4. The van der Waals surface area contributed by atoms with Gasteiger partial charge < -0.3 is 9.80 Å². The van der Waals surface area contributed by atoms with Crippen molar-refractivity contribution in [2.24, 2.45) is 0 Å². The monoisotopic (exact) mass is 246 g/mol. The Morgan fingerprint density at radius 3 is 2.41 bits per heavy atom. The molecule has 0 bridgehead atoms. The number of hydrogen-bond donors (Lipinski definition) is 0. The van der Waals surface area contributed by atoms with Crippen LogP contribution in [0.25, 0.3) is 0 Å². The van der Waals surface area contributed by atoms with Gasteiger partial charge in [-0.1, -0.05) is 0 Å². The van der Waals surface area contributed by atoms with Gasteiger partial charge in [0.15, 0.2) is 0 Å². The summed E-state index contributed by atoms with van der Waals surface area (Å²) in [4.78, 5) is 10.8. The lowest BCUT2D eigenvalue weighted by Gasteiger charge is -2.33. The largest absolute Gasteiger partial charge is 0.451 e. The van der Waals surface area contributed by atoms with Gasteiger partial charge in [0.2, 0.25) is 5.82 Å². The fraction of sp³-hybridized carbons (Fsp3) is 0.600. The van der Waals surface area contributed by atoms with E-state index in [1.807, 2.05) is 11.9 Å². The molecule has 0 aliphatic carbocycles. The van der Waals surface area contributed by atoms with E-state index in [0.717, 1.165) is 19.3 Å². The summed E-state index contributed by atoms with van der Waals surface area (Å²) in [5.41, 5.74) is 0. The molecule has 7 heteroatoms. The minimum atomic E-state index is -4.48. The Balaban J connectivity index is 2.16. The Morgan fingerprint density at radius 1 is 1.18 bits per heavy atom. The van der Waals surface area contributed by atoms with Gasteiger partial charge >= 0.3 is 6.18 Å². The molecule has 1 aromatic heterocycles. The van der Waals surface area contributed by atoms with Crippen molar-refractivity contribution in [1.82, 2.24) is 14.9 Å². The Labute approximate surface area is 97.1 Å². The van der Waals surface area contributed by atoms with E-state index in [1.54, 1.807) is 0 Å². The number of aromatic nitrogens is 2. The highest BCUT2D eigenvalue weighted by Crippen LogP contribution is 2.27. The van der Waals surface area contributed by atoms with Gasteiger partial charge in [0, 0.05) is 32.4 Å². The highest BCUT2D eigenvalue weighted by Gasteiger charge is 2.35. The SMILES string of the molecule is CN1CCN(c2ccnc(C(F)(F)F)n2)CC1. The average molecular weight is 246 g/mol. The molecule has 1 aromatic rings. The molecule has 0 N–H and O–H groups in total. The van der Waals surface area contributed by atoms with Gasteiger partial charge in [0.25, 0.3) is 0 Å². The number of halogens is 3. The average Bonchev–Trinajstić information content (AvgIpc) is 2.29. The number of hydrogen-bond acceptors (Lipinski definition) is 4. The van der Waals surface area contributed by atoms with Crippen LogP contribution in [0.5, 0.6) is 0 Å². The van der Waals surface area contributed by atoms with Gasteiger partial charge in [0.1, 0.15) is 5.82 Å². The van der Waals surface area contributed by atoms with E-state index in [-0.39, 0.29) is 0 Å². The number of alkyl halides is 3. The Morgan fingerprint density at radius 2 is 1.82 bits per heavy atom. The molecule has 0 amide bonds. The summed E-state index contributed by atoms with van der Waals surface area (Å²) >= 11 is 0. The number of rotatable bonds is 1. The summed E-state index contributed by atoms with van der Waals surface area (Å²) in [6, 6.07) is 1.51. The first kappa shape index (κ1) is 12.1. The van der Waals surface area contributed by atoms with E-state index < -0.39 is 12.0 Å². The van der Waals surface area contributed by atoms with Crippen LogP contribution in [-0.4, -0.2) is 48.1 Å². The van der Waals surface area contributed by atoms with Gasteiger partial charge in [0.05, 0.1) is 0 Å². The number of likely N-dealkylation sites (N-methyl/N-ethyl adjacent to an activating group) is 1. The van der Waals surface area contributed by atoms with Gasteiger partial charge in [-0.05, 0) is 13.1 Å². The zero-order valence-corrected chi connectivity index (χ0v) is 9.41. The summed E-state index contributed by atoms with van der Waals surface area (Å²) in [6.45, 7) is 3.02. The van der Waals surface area contributed by atoms with E-state index in [9.17, 15) is 13.2 Å². The zero-order chi connectivity index (χ0) is 12.5. The summed E-state index contributed by atoms with van der Waals surface area (Å²) in [6.07, 6.45) is -3.33. The molecule has 1 aliphatic heterocycles. The summed E-state index contributed by atoms with van der Waals surface area (Å²) in [5, 5.41) is 0. The van der Waals surface area contributed by atoms with Crippen molar-refractivity contribution in [2.45, 2.75) is 6.18 Å². The molecule has 94 valence electrons. The lowest BCUT2D eigenvalue weighted by molar-refractivity contribution is -0.144. The third kappa shape index (κ3) is 2.85. The van der Waals surface area contributed by atoms with E-state index in [2.05, 4.69) is 14.9 Å². The van der Waals surface area contributed by atoms with E-state index in [0.29, 0.717) is 18.9 Å². The fourth-order valence-electron chi connectivity index (χ4n) is 1.70. The van der Waals surface area contributed by atoms with Crippen LogP contribution in [0, 0.1) is 0 Å². The molecule has 1 saturated heterocycles. The highest BCUT2D eigenvalue weighted by molar-refractivity contribution is 5.38. The number of piperazine rings is 1. The summed E-state index contributed by atoms with van der Waals surface area (Å²) in [5.74, 6) is -0.727. The third-order valence-corrected chi connectivity index (χ3v) is 2.72. The maximum absolute atomic E-state index is 12.4. The summed E-state index contributed by atoms with van der Waals surface area (Å²) in [7, 11) is 1.98. The van der Waals surface area contributed by atoms with Crippen LogP contribution in [0.3, 0.4) is 0 Å². The molecule has 1 aliphatic rings. The first-order valence-corrected chi connectivity index (χ1v) is 5.30. The minimum Gasteiger partial charge on any atom is -0.354 e. The lowest BCUT2D eigenvalue weighted by atomic mass is 10.3. The van der Waals surface area contributed by atoms with Gasteiger partial charge in [-0.3, -0.25) is 0 Å². The maximum Gasteiger partial charge on any atom is 0.451 e. The fourth-order valence-corrected chi connectivity index (χ4v) is 1.70. The molecular weight excluding hydrogens is 233 g/mol. The molecular formula is C10H13F3N4. The standard InChI is InChI=1S/C10H13F3N4/c1-16-4-6-17(7-5-16)8-2-3-14-9(15-8)10(11,12)13/h2-3H,4-7H2,1H3. The molecule has 2 rings (SSSR count). The second-order valence-corrected chi connectivity index (χ2v) is 4.03. The van der Waals surface area contributed by atoms with Crippen molar-refractivity contribution in [3.63, 3.8) is 0 Å². The van der Waals surface area contributed by atoms with Crippen LogP contribution in [0.2, 0.25) is 0 Å². The normalized spacial score (nSPS) is 18.5. The molecule has 0 saturated carbocycles. The van der Waals surface area contributed by atoms with Gasteiger partial charge in [-0.25, -0.2) is 9.97 Å². The maximum atomic E-state index is 12.4. The van der Waals surface area contributed by atoms with Crippen molar-refractivity contribution < 1.29 is 13.2 Å². The molecule has 4 nitrogen and oxygen atoms in total. The van der Waals surface area contributed by atoms with E-state index in [1.165, 1.54) is 6.07 Å². The number of anilines is 1. The predicted octanol–water partition coefficient (Wildman–Crippen LogP) is 1.25. The first-order valence-electron chi connectivity index (χ1n) is 5.30. The Hall–Kier alpha value is -1.37. The van der Waals surface area contributed by atoms with E-state index in [4.69, 9.17) is 0 Å². The summed E-state index contributed by atoms with van der Waals surface area (Å²) < 4.78 is 37.3. The molecule has 0 radical (unpaired) electrons. The molecule has 1 fully saturated rings. The van der Waals surface area contributed by atoms with Crippen molar-refractivity contribution in [2.75, 3.05) is 38.1 Å². The van der Waals surface area contributed by atoms with Crippen molar-refractivity contribution >= 4 is 5.82 Å². The Kier molecular flexibility index (Phi) is 3.19. The highest BCUT2D eigenvalue weighted by atomic mass is 19.4. The molecule has 0 atom stereocenters. The molecule has 2 heterocycles.